The molecule has 1 aliphatic rings. The van der Waals surface area contributed by atoms with Gasteiger partial charge in [-0.3, -0.25) is 0 Å². The molecule has 2 N–H and O–H groups in total. The Hall–Kier alpha value is -1.39. The van der Waals surface area contributed by atoms with Crippen LogP contribution in [0, 0.1) is 11.3 Å². The Morgan fingerprint density at radius 1 is 1.38 bits per heavy atom. The lowest BCUT2D eigenvalue weighted by molar-refractivity contribution is 0.581. The zero-order chi connectivity index (χ0) is 14.4. The van der Waals surface area contributed by atoms with Crippen molar-refractivity contribution in [3.05, 3.63) is 47.0 Å². The summed E-state index contributed by atoms with van der Waals surface area (Å²) in [6.07, 6.45) is 2.88. The third-order valence-corrected chi connectivity index (χ3v) is 4.39. The molecule has 0 atom stereocenters. The van der Waals surface area contributed by atoms with Crippen LogP contribution >= 0.6 is 12.4 Å². The maximum Gasteiger partial charge on any atom is 0.216 e. The van der Waals surface area contributed by atoms with E-state index in [2.05, 4.69) is 10.0 Å². The van der Waals surface area contributed by atoms with Gasteiger partial charge in [0.05, 0.1) is 17.4 Å². The monoisotopic (exact) mass is 327 g/mol. The number of rotatable bonds is 5. The molecule has 0 unspecified atom stereocenters. The van der Waals surface area contributed by atoms with Gasteiger partial charge in [0, 0.05) is 13.1 Å². The molecule has 0 bridgehead atoms. The molecular formula is C14H18ClN3O2S. The Bertz CT molecular complexity index is 650. The number of hydrogen-bond donors (Lipinski definition) is 2. The van der Waals surface area contributed by atoms with E-state index in [1.807, 2.05) is 12.1 Å². The predicted octanol–water partition coefficient (Wildman–Crippen LogP) is 1.32. The van der Waals surface area contributed by atoms with Crippen LogP contribution in [0.4, 0.5) is 0 Å². The van der Waals surface area contributed by atoms with Crippen LogP contribution in [0.15, 0.2) is 35.9 Å². The molecule has 0 saturated heterocycles. The van der Waals surface area contributed by atoms with E-state index < -0.39 is 10.0 Å². The Kier molecular flexibility index (Phi) is 6.85. The highest BCUT2D eigenvalue weighted by atomic mass is 35.5. The van der Waals surface area contributed by atoms with Crippen molar-refractivity contribution in [2.45, 2.75) is 12.2 Å². The van der Waals surface area contributed by atoms with Gasteiger partial charge in [0.1, 0.15) is 0 Å². The number of hydrogen-bond acceptors (Lipinski definition) is 4. The van der Waals surface area contributed by atoms with Crippen LogP contribution in [0.2, 0.25) is 0 Å². The third kappa shape index (κ3) is 5.86. The fraction of sp³-hybridized carbons (Fsp3) is 0.357. The van der Waals surface area contributed by atoms with Crippen LogP contribution in [0.3, 0.4) is 0 Å². The number of nitrogens with one attached hydrogen (secondary N) is 2. The highest BCUT2D eigenvalue weighted by molar-refractivity contribution is 7.88. The third-order valence-electron chi connectivity index (χ3n) is 3.09. The molecule has 1 aliphatic heterocycles. The van der Waals surface area contributed by atoms with Crippen molar-refractivity contribution in [1.82, 2.24) is 10.0 Å². The zero-order valence-corrected chi connectivity index (χ0v) is 13.1. The van der Waals surface area contributed by atoms with Crippen molar-refractivity contribution in [1.29, 1.82) is 5.26 Å². The van der Waals surface area contributed by atoms with Gasteiger partial charge in [-0.25, -0.2) is 13.1 Å². The summed E-state index contributed by atoms with van der Waals surface area (Å²) in [5, 5.41) is 12.0. The molecule has 0 radical (unpaired) electrons. The normalized spacial score (nSPS) is 14.7. The Labute approximate surface area is 131 Å². The highest BCUT2D eigenvalue weighted by Gasteiger charge is 2.13. The molecule has 1 aromatic rings. The summed E-state index contributed by atoms with van der Waals surface area (Å²) < 4.78 is 26.6. The smallest absolute Gasteiger partial charge is 0.216 e. The van der Waals surface area contributed by atoms with E-state index >= 15 is 0 Å². The molecular weight excluding hydrogens is 310 g/mol. The van der Waals surface area contributed by atoms with Crippen molar-refractivity contribution in [2.75, 3.05) is 19.6 Å². The quantitative estimate of drug-likeness (QED) is 0.799. The Morgan fingerprint density at radius 2 is 2.19 bits per heavy atom. The molecule has 0 aromatic heterocycles. The summed E-state index contributed by atoms with van der Waals surface area (Å²) >= 11 is 0. The van der Waals surface area contributed by atoms with E-state index in [9.17, 15) is 8.42 Å². The maximum absolute atomic E-state index is 12.0. The largest absolute Gasteiger partial charge is 0.313 e. The fourth-order valence-corrected chi connectivity index (χ4v) is 3.16. The molecule has 21 heavy (non-hydrogen) atoms. The molecule has 1 aromatic carbocycles. The van der Waals surface area contributed by atoms with E-state index in [1.54, 1.807) is 24.3 Å². The Balaban J connectivity index is 0.00000220. The minimum absolute atomic E-state index is 0. The average molecular weight is 328 g/mol. The predicted molar refractivity (Wildman–Crippen MR) is 84.6 cm³/mol. The van der Waals surface area contributed by atoms with Gasteiger partial charge >= 0.3 is 0 Å². The first-order valence-corrected chi connectivity index (χ1v) is 8.09. The number of nitrogens with zero attached hydrogens (tertiary/aromatic N) is 1. The SMILES string of the molecule is Cl.N#Cc1cccc(CS(=O)(=O)NCC2=CCNCC2)c1. The second-order valence-corrected chi connectivity index (χ2v) is 6.52. The fourth-order valence-electron chi connectivity index (χ4n) is 2.03. The Morgan fingerprint density at radius 3 is 2.86 bits per heavy atom. The van der Waals surface area contributed by atoms with Crippen LogP contribution in [0.1, 0.15) is 17.5 Å². The van der Waals surface area contributed by atoms with Crippen molar-refractivity contribution in [2.24, 2.45) is 0 Å². The van der Waals surface area contributed by atoms with E-state index in [1.165, 1.54) is 0 Å². The molecule has 1 heterocycles. The van der Waals surface area contributed by atoms with Gasteiger partial charge in [-0.1, -0.05) is 23.8 Å². The second kappa shape index (κ2) is 8.15. The topological polar surface area (TPSA) is 82.0 Å². The van der Waals surface area contributed by atoms with E-state index in [-0.39, 0.29) is 18.2 Å². The zero-order valence-electron chi connectivity index (χ0n) is 11.5. The van der Waals surface area contributed by atoms with Gasteiger partial charge in [0.15, 0.2) is 0 Å². The molecule has 5 nitrogen and oxygen atoms in total. The maximum atomic E-state index is 12.0. The molecule has 2 rings (SSSR count). The highest BCUT2D eigenvalue weighted by Crippen LogP contribution is 2.09. The number of halogens is 1. The van der Waals surface area contributed by atoms with Crippen LogP contribution in [0.5, 0.6) is 0 Å². The lowest BCUT2D eigenvalue weighted by Gasteiger charge is -2.14. The molecule has 0 saturated carbocycles. The molecule has 114 valence electrons. The van der Waals surface area contributed by atoms with E-state index in [0.717, 1.165) is 25.1 Å². The molecule has 0 aliphatic carbocycles. The molecule has 7 heteroatoms. The average Bonchev–Trinajstić information content (AvgIpc) is 2.46. The number of benzene rings is 1. The number of nitriles is 1. The lowest BCUT2D eigenvalue weighted by Crippen LogP contribution is -2.30. The van der Waals surface area contributed by atoms with Crippen molar-refractivity contribution in [3.8, 4) is 6.07 Å². The van der Waals surface area contributed by atoms with Gasteiger partial charge in [-0.05, 0) is 30.7 Å². The van der Waals surface area contributed by atoms with Crippen molar-refractivity contribution in [3.63, 3.8) is 0 Å². The van der Waals surface area contributed by atoms with Crippen LogP contribution in [0.25, 0.3) is 0 Å². The van der Waals surface area contributed by atoms with E-state index in [0.29, 0.717) is 17.7 Å². The summed E-state index contributed by atoms with van der Waals surface area (Å²) in [5.41, 5.74) is 2.20. The summed E-state index contributed by atoms with van der Waals surface area (Å²) in [6, 6.07) is 8.67. The van der Waals surface area contributed by atoms with Gasteiger partial charge in [-0.15, -0.1) is 12.4 Å². The van der Waals surface area contributed by atoms with Gasteiger partial charge in [0.25, 0.3) is 0 Å². The molecule has 0 amide bonds. The summed E-state index contributed by atoms with van der Waals surface area (Å²) in [5.74, 6) is -0.103. The summed E-state index contributed by atoms with van der Waals surface area (Å²) in [4.78, 5) is 0. The first-order valence-electron chi connectivity index (χ1n) is 6.44. The van der Waals surface area contributed by atoms with Gasteiger partial charge in [0.2, 0.25) is 10.0 Å². The van der Waals surface area contributed by atoms with Crippen molar-refractivity contribution < 1.29 is 8.42 Å². The minimum Gasteiger partial charge on any atom is -0.313 e. The minimum atomic E-state index is -3.38. The van der Waals surface area contributed by atoms with Gasteiger partial charge < -0.3 is 5.32 Å². The molecule has 0 fully saturated rings. The van der Waals surface area contributed by atoms with Gasteiger partial charge in [-0.2, -0.15) is 5.26 Å². The van der Waals surface area contributed by atoms with Crippen LogP contribution in [-0.4, -0.2) is 28.1 Å². The van der Waals surface area contributed by atoms with E-state index in [4.69, 9.17) is 5.26 Å². The second-order valence-electron chi connectivity index (χ2n) is 4.71. The summed E-state index contributed by atoms with van der Waals surface area (Å²) in [7, 11) is -3.38. The number of sulfonamides is 1. The first kappa shape index (κ1) is 17.7. The van der Waals surface area contributed by atoms with Crippen LogP contribution in [-0.2, 0) is 15.8 Å². The lowest BCUT2D eigenvalue weighted by atomic mass is 10.1. The summed E-state index contributed by atoms with van der Waals surface area (Å²) in [6.45, 7) is 2.04. The first-order chi connectivity index (χ1) is 9.59. The van der Waals surface area contributed by atoms with Crippen LogP contribution < -0.4 is 10.0 Å². The van der Waals surface area contributed by atoms with Crippen molar-refractivity contribution >= 4 is 22.4 Å². The standard InChI is InChI=1S/C14H17N3O2S.ClH/c15-9-13-2-1-3-14(8-13)11-20(18,19)17-10-12-4-6-16-7-5-12;/h1-4,8,16-17H,5-7,10-11H2;1H. The molecule has 0 spiro atoms.